The minimum atomic E-state index is -0.446. The molecule has 1 fully saturated rings. The van der Waals surface area contributed by atoms with Gasteiger partial charge in [0.25, 0.3) is 0 Å². The number of nitrogens with two attached hydrogens (primary N) is 1. The second-order valence-electron chi connectivity index (χ2n) is 6.11. The van der Waals surface area contributed by atoms with Crippen molar-refractivity contribution in [2.45, 2.75) is 51.6 Å². The fourth-order valence-corrected chi connectivity index (χ4v) is 2.26. The van der Waals surface area contributed by atoms with Crippen LogP contribution in [-0.4, -0.2) is 48.1 Å². The predicted octanol–water partition coefficient (Wildman–Crippen LogP) is 0.846. The maximum Gasteiger partial charge on any atom is 0.321 e. The predicted molar refractivity (Wildman–Crippen MR) is 81.9 cm³/mol. The van der Waals surface area contributed by atoms with Crippen molar-refractivity contribution in [1.82, 2.24) is 15.5 Å². The number of imide groups is 1. The van der Waals surface area contributed by atoms with Crippen LogP contribution < -0.4 is 16.4 Å². The van der Waals surface area contributed by atoms with E-state index < -0.39 is 6.03 Å². The van der Waals surface area contributed by atoms with Crippen LogP contribution in [0.4, 0.5) is 4.79 Å². The lowest BCUT2D eigenvalue weighted by Gasteiger charge is -2.34. The van der Waals surface area contributed by atoms with Crippen molar-refractivity contribution in [3.63, 3.8) is 0 Å². The fourth-order valence-electron chi connectivity index (χ4n) is 2.26. The Labute approximate surface area is 127 Å². The number of carbonyl (C=O) groups excluding carboxylic acids is 2. The third-order valence-corrected chi connectivity index (χ3v) is 3.11. The molecule has 1 aliphatic rings. The van der Waals surface area contributed by atoms with E-state index >= 15 is 0 Å². The van der Waals surface area contributed by atoms with Gasteiger partial charge in [-0.25, -0.2) is 4.79 Å². The Kier molecular flexibility index (Phi) is 8.08. The first kappa shape index (κ1) is 19.1. The molecule has 0 aliphatic carbocycles. The molecular weight excluding hydrogens is 280 g/mol. The van der Waals surface area contributed by atoms with E-state index in [-0.39, 0.29) is 36.4 Å². The van der Waals surface area contributed by atoms with Crippen molar-refractivity contribution in [1.29, 1.82) is 0 Å². The molecule has 0 aromatic carbocycles. The van der Waals surface area contributed by atoms with Crippen LogP contribution in [0.1, 0.15) is 40.0 Å². The molecule has 7 heteroatoms. The van der Waals surface area contributed by atoms with Gasteiger partial charge in [-0.15, -0.1) is 12.4 Å². The van der Waals surface area contributed by atoms with Crippen LogP contribution in [0.3, 0.4) is 0 Å². The lowest BCUT2D eigenvalue weighted by Crippen LogP contribution is -2.53. The van der Waals surface area contributed by atoms with Crippen LogP contribution in [0, 0.1) is 0 Å². The van der Waals surface area contributed by atoms with Crippen LogP contribution in [-0.2, 0) is 4.79 Å². The summed E-state index contributed by atoms with van der Waals surface area (Å²) in [5.74, 6) is -0.276. The van der Waals surface area contributed by atoms with Gasteiger partial charge in [0.1, 0.15) is 0 Å². The van der Waals surface area contributed by atoms with Crippen LogP contribution in [0.5, 0.6) is 0 Å². The Hall–Kier alpha value is -0.850. The summed E-state index contributed by atoms with van der Waals surface area (Å²) < 4.78 is 0. The number of carbonyl (C=O) groups is 2. The zero-order valence-electron chi connectivity index (χ0n) is 12.6. The van der Waals surface area contributed by atoms with E-state index in [9.17, 15) is 9.59 Å². The Balaban J connectivity index is 0.00000361. The van der Waals surface area contributed by atoms with Gasteiger partial charge in [-0.2, -0.15) is 0 Å². The Morgan fingerprint density at radius 3 is 2.50 bits per heavy atom. The van der Waals surface area contributed by atoms with Gasteiger partial charge in [-0.05, 0) is 40.2 Å². The highest BCUT2D eigenvalue weighted by molar-refractivity contribution is 5.95. The number of nitrogens with zero attached hydrogens (tertiary/aromatic N) is 1. The summed E-state index contributed by atoms with van der Waals surface area (Å²) >= 11 is 0. The van der Waals surface area contributed by atoms with Crippen molar-refractivity contribution in [3.05, 3.63) is 0 Å². The number of hydrogen-bond donors (Lipinski definition) is 3. The second-order valence-corrected chi connectivity index (χ2v) is 6.11. The monoisotopic (exact) mass is 306 g/mol. The lowest BCUT2D eigenvalue weighted by molar-refractivity contribution is -0.122. The number of halogens is 1. The standard InChI is InChI=1S/C13H26N4O2.ClH/c1-13(2,3)16-12(19)15-11(18)9-17-7-5-4-6-10(17)8-14;/h10H,4-9,14H2,1-3H3,(H2,15,16,18,19);1H. The molecule has 20 heavy (non-hydrogen) atoms. The number of likely N-dealkylation sites (tertiary alicyclic amines) is 1. The normalized spacial score (nSPS) is 19.9. The minimum Gasteiger partial charge on any atom is -0.333 e. The Morgan fingerprint density at radius 2 is 1.95 bits per heavy atom. The smallest absolute Gasteiger partial charge is 0.321 e. The molecule has 1 rings (SSSR count). The van der Waals surface area contributed by atoms with Gasteiger partial charge in [0.2, 0.25) is 5.91 Å². The highest BCUT2D eigenvalue weighted by atomic mass is 35.5. The van der Waals surface area contributed by atoms with Crippen LogP contribution in [0.15, 0.2) is 0 Å². The zero-order valence-corrected chi connectivity index (χ0v) is 13.4. The van der Waals surface area contributed by atoms with Gasteiger partial charge in [-0.1, -0.05) is 6.42 Å². The van der Waals surface area contributed by atoms with E-state index in [1.807, 2.05) is 20.8 Å². The summed E-state index contributed by atoms with van der Waals surface area (Å²) in [5, 5.41) is 5.06. The number of amides is 3. The molecule has 1 saturated heterocycles. The van der Waals surface area contributed by atoms with Gasteiger partial charge < -0.3 is 11.1 Å². The second kappa shape index (κ2) is 8.44. The molecule has 0 saturated carbocycles. The summed E-state index contributed by atoms with van der Waals surface area (Å²) in [4.78, 5) is 25.4. The van der Waals surface area contributed by atoms with Gasteiger partial charge in [0.15, 0.2) is 0 Å². The number of urea groups is 1. The molecule has 0 radical (unpaired) electrons. The molecule has 118 valence electrons. The van der Waals surface area contributed by atoms with Crippen LogP contribution in [0.2, 0.25) is 0 Å². The first-order valence-electron chi connectivity index (χ1n) is 6.88. The van der Waals surface area contributed by atoms with Crippen LogP contribution >= 0.6 is 12.4 Å². The molecule has 1 aliphatic heterocycles. The number of nitrogens with one attached hydrogen (secondary N) is 2. The van der Waals surface area contributed by atoms with E-state index in [0.717, 1.165) is 25.8 Å². The highest BCUT2D eigenvalue weighted by Crippen LogP contribution is 2.15. The number of hydrogen-bond acceptors (Lipinski definition) is 4. The van der Waals surface area contributed by atoms with Crippen molar-refractivity contribution >= 4 is 24.3 Å². The lowest BCUT2D eigenvalue weighted by atomic mass is 10.0. The molecule has 0 bridgehead atoms. The van der Waals surface area contributed by atoms with E-state index in [1.54, 1.807) is 0 Å². The first-order valence-corrected chi connectivity index (χ1v) is 6.88. The van der Waals surface area contributed by atoms with Gasteiger partial charge in [-0.3, -0.25) is 15.0 Å². The highest BCUT2D eigenvalue weighted by Gasteiger charge is 2.24. The largest absolute Gasteiger partial charge is 0.333 e. The molecule has 1 unspecified atom stereocenters. The van der Waals surface area contributed by atoms with E-state index in [2.05, 4.69) is 15.5 Å². The van der Waals surface area contributed by atoms with Gasteiger partial charge >= 0.3 is 6.03 Å². The fraction of sp³-hybridized carbons (Fsp3) is 0.846. The topological polar surface area (TPSA) is 87.5 Å². The molecule has 6 nitrogen and oxygen atoms in total. The average molecular weight is 307 g/mol. The molecule has 1 atom stereocenters. The molecule has 0 spiro atoms. The van der Waals surface area contributed by atoms with Crippen molar-refractivity contribution in [2.24, 2.45) is 5.73 Å². The third kappa shape index (κ3) is 7.07. The SMILES string of the molecule is CC(C)(C)NC(=O)NC(=O)CN1CCCCC1CN.Cl. The van der Waals surface area contributed by atoms with E-state index in [0.29, 0.717) is 6.54 Å². The number of piperidine rings is 1. The van der Waals surface area contributed by atoms with E-state index in [4.69, 9.17) is 5.73 Å². The van der Waals surface area contributed by atoms with Crippen molar-refractivity contribution in [3.8, 4) is 0 Å². The van der Waals surface area contributed by atoms with Crippen molar-refractivity contribution in [2.75, 3.05) is 19.6 Å². The Morgan fingerprint density at radius 1 is 1.30 bits per heavy atom. The van der Waals surface area contributed by atoms with Crippen LogP contribution in [0.25, 0.3) is 0 Å². The summed E-state index contributed by atoms with van der Waals surface area (Å²) in [5.41, 5.74) is 5.35. The number of rotatable bonds is 3. The van der Waals surface area contributed by atoms with Gasteiger partial charge in [0, 0.05) is 18.1 Å². The van der Waals surface area contributed by atoms with Gasteiger partial charge in [0.05, 0.1) is 6.54 Å². The first-order chi connectivity index (χ1) is 8.81. The summed E-state index contributed by atoms with van der Waals surface area (Å²) in [6.07, 6.45) is 3.26. The molecular formula is C13H27ClN4O2. The summed E-state index contributed by atoms with van der Waals surface area (Å²) in [6.45, 7) is 7.27. The summed E-state index contributed by atoms with van der Waals surface area (Å²) in [7, 11) is 0. The molecule has 3 amide bonds. The quantitative estimate of drug-likeness (QED) is 0.721. The van der Waals surface area contributed by atoms with E-state index in [1.165, 1.54) is 0 Å². The third-order valence-electron chi connectivity index (χ3n) is 3.11. The minimum absolute atomic E-state index is 0. The maximum atomic E-state index is 11.8. The zero-order chi connectivity index (χ0) is 14.5. The maximum absolute atomic E-state index is 11.8. The molecule has 0 aromatic heterocycles. The molecule has 1 heterocycles. The average Bonchev–Trinajstić information content (AvgIpc) is 2.26. The van der Waals surface area contributed by atoms with Crippen molar-refractivity contribution < 1.29 is 9.59 Å². The molecule has 4 N–H and O–H groups in total. The molecule has 0 aromatic rings. The summed E-state index contributed by atoms with van der Waals surface area (Å²) in [6, 6.07) is -0.191. The Bertz CT molecular complexity index is 331.